The Balaban J connectivity index is 2.24. The third-order valence-electron chi connectivity index (χ3n) is 3.30. The molecule has 1 heterocycles. The number of aromatic nitrogens is 2. The topological polar surface area (TPSA) is 47.1 Å². The quantitative estimate of drug-likeness (QED) is 0.892. The second kappa shape index (κ2) is 5.13. The average Bonchev–Trinajstić information content (AvgIpc) is 3.00. The van der Waals surface area contributed by atoms with E-state index in [1.807, 2.05) is 0 Å². The van der Waals surface area contributed by atoms with E-state index in [2.05, 4.69) is 5.10 Å². The third-order valence-corrected chi connectivity index (χ3v) is 3.30. The first kappa shape index (κ1) is 14.3. The van der Waals surface area contributed by atoms with E-state index in [0.29, 0.717) is 0 Å². The molecule has 1 aromatic heterocycles. The van der Waals surface area contributed by atoms with E-state index in [4.69, 9.17) is 5.73 Å². The molecule has 0 aliphatic heterocycles. The molecule has 2 N–H and O–H groups in total. The first-order valence-corrected chi connectivity index (χ1v) is 6.34. The van der Waals surface area contributed by atoms with Crippen LogP contribution in [0.3, 0.4) is 0 Å². The van der Waals surface area contributed by atoms with E-state index >= 15 is 0 Å². The summed E-state index contributed by atoms with van der Waals surface area (Å²) < 4.78 is 39.8. The summed E-state index contributed by atoms with van der Waals surface area (Å²) in [6.07, 6.45) is 0.733. The van der Waals surface area contributed by atoms with Gasteiger partial charge < -0.3 is 5.73 Å². The molecule has 4 nitrogen and oxygen atoms in total. The molecule has 0 radical (unpaired) electrons. The van der Waals surface area contributed by atoms with Gasteiger partial charge >= 0.3 is 6.18 Å². The van der Waals surface area contributed by atoms with E-state index in [1.165, 1.54) is 4.90 Å². The van der Waals surface area contributed by atoms with Gasteiger partial charge in [0, 0.05) is 30.9 Å². The lowest BCUT2D eigenvalue weighted by Gasteiger charge is -2.34. The molecule has 2 atom stereocenters. The molecule has 0 spiro atoms. The van der Waals surface area contributed by atoms with Crippen molar-refractivity contribution in [2.45, 2.75) is 44.1 Å². The predicted molar refractivity (Wildman–Crippen MR) is 65.4 cm³/mol. The van der Waals surface area contributed by atoms with Crippen molar-refractivity contribution in [3.63, 3.8) is 0 Å². The molecular formula is C12H19F3N4. The van der Waals surface area contributed by atoms with Crippen molar-refractivity contribution in [3.05, 3.63) is 18.0 Å². The molecule has 0 aromatic carbocycles. The summed E-state index contributed by atoms with van der Waals surface area (Å²) in [5.74, 6) is 0. The molecule has 1 aliphatic carbocycles. The Kier molecular flexibility index (Phi) is 3.87. The summed E-state index contributed by atoms with van der Waals surface area (Å²) in [6.45, 7) is 0.822. The van der Waals surface area contributed by atoms with Gasteiger partial charge in [-0.15, -0.1) is 0 Å². The molecule has 1 aromatic rings. The Labute approximate surface area is 110 Å². The van der Waals surface area contributed by atoms with Crippen molar-refractivity contribution in [3.8, 4) is 0 Å². The highest BCUT2D eigenvalue weighted by Gasteiger charge is 2.43. The van der Waals surface area contributed by atoms with Gasteiger partial charge in [0.15, 0.2) is 0 Å². The molecule has 1 aliphatic rings. The predicted octanol–water partition coefficient (Wildman–Crippen LogP) is 1.84. The minimum atomic E-state index is -4.21. The van der Waals surface area contributed by atoms with Gasteiger partial charge in [-0.25, -0.2) is 0 Å². The fourth-order valence-electron chi connectivity index (χ4n) is 2.46. The summed E-state index contributed by atoms with van der Waals surface area (Å²) >= 11 is 0. The van der Waals surface area contributed by atoms with E-state index in [1.54, 1.807) is 31.0 Å². The van der Waals surface area contributed by atoms with E-state index < -0.39 is 18.8 Å². The summed E-state index contributed by atoms with van der Waals surface area (Å²) in [7, 11) is 1.74. The van der Waals surface area contributed by atoms with Crippen LogP contribution in [0.2, 0.25) is 0 Å². The second-order valence-corrected chi connectivity index (χ2v) is 5.27. The fourth-order valence-corrected chi connectivity index (χ4v) is 2.46. The fraction of sp³-hybridized carbons (Fsp3) is 0.750. The van der Waals surface area contributed by atoms with Gasteiger partial charge in [0.25, 0.3) is 0 Å². The molecule has 0 amide bonds. The lowest BCUT2D eigenvalue weighted by Crippen LogP contribution is -2.45. The second-order valence-electron chi connectivity index (χ2n) is 5.27. The molecule has 0 bridgehead atoms. The number of nitrogens with zero attached hydrogens (tertiary/aromatic N) is 3. The zero-order chi connectivity index (χ0) is 14.2. The van der Waals surface area contributed by atoms with Gasteiger partial charge in [-0.05, 0) is 19.8 Å². The van der Waals surface area contributed by atoms with Crippen molar-refractivity contribution in [2.75, 3.05) is 6.54 Å². The molecule has 1 fully saturated rings. The van der Waals surface area contributed by atoms with Crippen LogP contribution >= 0.6 is 0 Å². The van der Waals surface area contributed by atoms with E-state index in [0.717, 1.165) is 18.4 Å². The number of hydrogen-bond acceptors (Lipinski definition) is 3. The monoisotopic (exact) mass is 276 g/mol. The highest BCUT2D eigenvalue weighted by atomic mass is 19.4. The molecule has 108 valence electrons. The zero-order valence-corrected chi connectivity index (χ0v) is 11.1. The van der Waals surface area contributed by atoms with Crippen LogP contribution in [0.1, 0.15) is 31.4 Å². The van der Waals surface area contributed by atoms with Crippen LogP contribution in [-0.4, -0.2) is 39.5 Å². The van der Waals surface area contributed by atoms with Gasteiger partial charge in [0.2, 0.25) is 0 Å². The van der Waals surface area contributed by atoms with Crippen LogP contribution in [0, 0.1) is 0 Å². The lowest BCUT2D eigenvalue weighted by atomic mass is 10.0. The maximum absolute atomic E-state index is 12.7. The average molecular weight is 276 g/mol. The van der Waals surface area contributed by atoms with Gasteiger partial charge in [-0.3, -0.25) is 9.58 Å². The first-order chi connectivity index (χ1) is 8.78. The SMILES string of the molecule is CC(N)C(c1cnn(C)c1)N(CC(F)(F)F)C1CC1. The van der Waals surface area contributed by atoms with E-state index in [9.17, 15) is 13.2 Å². The Morgan fingerprint density at radius 1 is 1.53 bits per heavy atom. The van der Waals surface area contributed by atoms with Gasteiger partial charge in [-0.1, -0.05) is 0 Å². The van der Waals surface area contributed by atoms with Crippen LogP contribution in [0.15, 0.2) is 12.4 Å². The lowest BCUT2D eigenvalue weighted by molar-refractivity contribution is -0.153. The number of alkyl halides is 3. The minimum absolute atomic E-state index is 0.0159. The Morgan fingerprint density at radius 2 is 2.16 bits per heavy atom. The standard InChI is InChI=1S/C12H19F3N4/c1-8(16)11(9-5-17-18(2)6-9)19(10-3-4-10)7-12(13,14)15/h5-6,8,10-11H,3-4,7,16H2,1-2H3. The van der Waals surface area contributed by atoms with Crippen LogP contribution in [0.25, 0.3) is 0 Å². The van der Waals surface area contributed by atoms with Crippen molar-refractivity contribution in [1.29, 1.82) is 0 Å². The maximum Gasteiger partial charge on any atom is 0.401 e. The van der Waals surface area contributed by atoms with Crippen LogP contribution < -0.4 is 5.73 Å². The molecular weight excluding hydrogens is 257 g/mol. The number of rotatable bonds is 5. The summed E-state index contributed by atoms with van der Waals surface area (Å²) in [5.41, 5.74) is 6.66. The Hall–Kier alpha value is -1.08. The Bertz CT molecular complexity index is 423. The van der Waals surface area contributed by atoms with Gasteiger partial charge in [0.1, 0.15) is 0 Å². The molecule has 19 heavy (non-hydrogen) atoms. The number of hydrogen-bond donors (Lipinski definition) is 1. The molecule has 0 saturated heterocycles. The number of aryl methyl sites for hydroxylation is 1. The molecule has 2 unspecified atom stereocenters. The summed E-state index contributed by atoms with van der Waals surface area (Å²) in [4.78, 5) is 1.47. The van der Waals surface area contributed by atoms with Crippen molar-refractivity contribution < 1.29 is 13.2 Å². The molecule has 1 saturated carbocycles. The molecule has 2 rings (SSSR count). The van der Waals surface area contributed by atoms with Crippen molar-refractivity contribution in [2.24, 2.45) is 12.8 Å². The maximum atomic E-state index is 12.7. The largest absolute Gasteiger partial charge is 0.401 e. The highest BCUT2D eigenvalue weighted by molar-refractivity contribution is 5.14. The normalized spacial score (nSPS) is 19.7. The van der Waals surface area contributed by atoms with Gasteiger partial charge in [-0.2, -0.15) is 18.3 Å². The van der Waals surface area contributed by atoms with Crippen LogP contribution in [-0.2, 0) is 7.05 Å². The highest BCUT2D eigenvalue weighted by Crippen LogP contribution is 2.37. The summed E-state index contributed by atoms with van der Waals surface area (Å²) in [6, 6.07) is -0.840. The van der Waals surface area contributed by atoms with Crippen LogP contribution in [0.5, 0.6) is 0 Å². The smallest absolute Gasteiger partial charge is 0.326 e. The molecule has 7 heteroatoms. The van der Waals surface area contributed by atoms with E-state index in [-0.39, 0.29) is 12.1 Å². The van der Waals surface area contributed by atoms with Crippen LogP contribution in [0.4, 0.5) is 13.2 Å². The first-order valence-electron chi connectivity index (χ1n) is 6.34. The van der Waals surface area contributed by atoms with Crippen molar-refractivity contribution in [1.82, 2.24) is 14.7 Å². The number of halogens is 3. The zero-order valence-electron chi connectivity index (χ0n) is 11.1. The van der Waals surface area contributed by atoms with Gasteiger partial charge in [0.05, 0.1) is 18.8 Å². The summed E-state index contributed by atoms with van der Waals surface area (Å²) in [5, 5.41) is 4.03. The number of nitrogens with two attached hydrogens (primary N) is 1. The third kappa shape index (κ3) is 3.70. The minimum Gasteiger partial charge on any atom is -0.326 e. The van der Waals surface area contributed by atoms with Crippen molar-refractivity contribution >= 4 is 0 Å². The Morgan fingerprint density at radius 3 is 2.53 bits per heavy atom.